The Bertz CT molecular complexity index is 136. The molecule has 0 aliphatic heterocycles. The third-order valence-electron chi connectivity index (χ3n) is 1.09. The molecule has 0 saturated carbocycles. The van der Waals surface area contributed by atoms with Crippen LogP contribution in [0.5, 0.6) is 0 Å². The van der Waals surface area contributed by atoms with Gasteiger partial charge in [0.2, 0.25) is 0 Å². The number of hydrazine groups is 1. The molecule has 0 heterocycles. The topological polar surface area (TPSA) is 87.7 Å². The van der Waals surface area contributed by atoms with Crippen molar-refractivity contribution >= 4 is 12.3 Å². The zero-order valence-corrected chi connectivity index (χ0v) is 6.29. The second-order valence-electron chi connectivity index (χ2n) is 2.05. The summed E-state index contributed by atoms with van der Waals surface area (Å²) in [4.78, 5) is 13.9. The summed E-state index contributed by atoms with van der Waals surface area (Å²) in [5.74, 6) is 4.14. The zero-order chi connectivity index (χ0) is 8.53. The highest BCUT2D eigenvalue weighted by Crippen LogP contribution is 1.94. The van der Waals surface area contributed by atoms with Crippen LogP contribution in [-0.4, -0.2) is 24.0 Å². The summed E-state index contributed by atoms with van der Waals surface area (Å²) in [5.41, 5.74) is 2.26. The van der Waals surface area contributed by atoms with E-state index in [1.165, 1.54) is 6.34 Å². The second-order valence-corrected chi connectivity index (χ2v) is 2.05. The van der Waals surface area contributed by atoms with Crippen molar-refractivity contribution in [2.45, 2.75) is 19.3 Å². The van der Waals surface area contributed by atoms with Gasteiger partial charge in [0.05, 0.1) is 6.34 Å². The Morgan fingerprint density at radius 3 is 2.91 bits per heavy atom. The van der Waals surface area contributed by atoms with E-state index in [0.717, 1.165) is 6.42 Å². The molecular weight excluding hydrogens is 146 g/mol. The fraction of sp³-hybridized carbons (Fsp3) is 0.667. The molecule has 0 aliphatic rings. The summed E-state index contributed by atoms with van der Waals surface area (Å²) in [6, 6.07) is 0. The molecule has 4 N–H and O–H groups in total. The van der Waals surface area contributed by atoms with Gasteiger partial charge in [-0.2, -0.15) is 0 Å². The summed E-state index contributed by atoms with van der Waals surface area (Å²) in [6.45, 7) is 0.622. The molecule has 0 aliphatic carbocycles. The summed E-state index contributed by atoms with van der Waals surface area (Å²) in [6.07, 6.45) is 3.05. The van der Waals surface area contributed by atoms with Gasteiger partial charge in [-0.25, -0.2) is 5.84 Å². The van der Waals surface area contributed by atoms with E-state index >= 15 is 0 Å². The second kappa shape index (κ2) is 7.01. The molecule has 0 saturated heterocycles. The molecule has 0 rings (SSSR count). The van der Waals surface area contributed by atoms with Crippen LogP contribution in [0.25, 0.3) is 0 Å². The third-order valence-corrected chi connectivity index (χ3v) is 1.09. The number of carboxylic acid groups (broad SMARTS) is 1. The first-order chi connectivity index (χ1) is 5.27. The highest BCUT2D eigenvalue weighted by molar-refractivity contribution is 5.66. The largest absolute Gasteiger partial charge is 0.481 e. The Labute approximate surface area is 65.3 Å². The molecule has 0 aromatic carbocycles. The van der Waals surface area contributed by atoms with Crippen LogP contribution in [0, 0.1) is 0 Å². The lowest BCUT2D eigenvalue weighted by Gasteiger charge is -1.92. The van der Waals surface area contributed by atoms with Crippen LogP contribution in [-0.2, 0) is 4.79 Å². The average molecular weight is 159 g/mol. The smallest absolute Gasteiger partial charge is 0.303 e. The normalized spacial score (nSPS) is 10.3. The van der Waals surface area contributed by atoms with Gasteiger partial charge in [-0.15, -0.1) is 0 Å². The molecule has 0 atom stereocenters. The standard InChI is InChI=1S/C6H13N3O2/c7-9-5-8-4-2-1-3-6(10)11/h5H,1-4,7H2,(H,8,9)(H,10,11). The third kappa shape index (κ3) is 8.90. The number of nitrogens with two attached hydrogens (primary N) is 1. The van der Waals surface area contributed by atoms with Crippen molar-refractivity contribution < 1.29 is 9.90 Å². The van der Waals surface area contributed by atoms with Gasteiger partial charge in [0.15, 0.2) is 0 Å². The number of hydrogen-bond donors (Lipinski definition) is 3. The number of aliphatic imine (C=N–C) groups is 1. The molecule has 5 nitrogen and oxygen atoms in total. The van der Waals surface area contributed by atoms with Crippen molar-refractivity contribution in [1.82, 2.24) is 5.43 Å². The van der Waals surface area contributed by atoms with Gasteiger partial charge < -0.3 is 10.5 Å². The molecule has 0 aromatic heterocycles. The lowest BCUT2D eigenvalue weighted by molar-refractivity contribution is -0.137. The molecule has 0 amide bonds. The van der Waals surface area contributed by atoms with E-state index in [0.29, 0.717) is 13.0 Å². The summed E-state index contributed by atoms with van der Waals surface area (Å²) < 4.78 is 0. The molecule has 0 bridgehead atoms. The number of rotatable bonds is 6. The number of nitrogens with one attached hydrogen (secondary N) is 1. The fourth-order valence-corrected chi connectivity index (χ4v) is 0.597. The molecule has 11 heavy (non-hydrogen) atoms. The van der Waals surface area contributed by atoms with E-state index in [4.69, 9.17) is 10.9 Å². The van der Waals surface area contributed by atoms with Crippen molar-refractivity contribution in [2.75, 3.05) is 6.54 Å². The lowest BCUT2D eigenvalue weighted by Crippen LogP contribution is -2.19. The van der Waals surface area contributed by atoms with Gasteiger partial charge >= 0.3 is 5.97 Å². The first-order valence-corrected chi connectivity index (χ1v) is 3.43. The van der Waals surface area contributed by atoms with Crippen molar-refractivity contribution in [2.24, 2.45) is 10.8 Å². The van der Waals surface area contributed by atoms with Gasteiger partial charge in [-0.3, -0.25) is 9.79 Å². The molecule has 0 unspecified atom stereocenters. The van der Waals surface area contributed by atoms with Crippen LogP contribution >= 0.6 is 0 Å². The fourth-order valence-electron chi connectivity index (χ4n) is 0.597. The van der Waals surface area contributed by atoms with Crippen molar-refractivity contribution in [3.05, 3.63) is 0 Å². The first-order valence-electron chi connectivity index (χ1n) is 3.43. The quantitative estimate of drug-likeness (QED) is 0.164. The zero-order valence-electron chi connectivity index (χ0n) is 6.29. The van der Waals surface area contributed by atoms with E-state index in [2.05, 4.69) is 10.4 Å². The summed E-state index contributed by atoms with van der Waals surface area (Å²) in [7, 11) is 0. The van der Waals surface area contributed by atoms with Crippen LogP contribution in [0.1, 0.15) is 19.3 Å². The van der Waals surface area contributed by atoms with Crippen LogP contribution in [0.4, 0.5) is 0 Å². The minimum Gasteiger partial charge on any atom is -0.481 e. The Morgan fingerprint density at radius 1 is 1.64 bits per heavy atom. The van der Waals surface area contributed by atoms with Crippen molar-refractivity contribution in [3.63, 3.8) is 0 Å². The molecule has 0 fully saturated rings. The Kier molecular flexibility index (Phi) is 6.31. The maximum absolute atomic E-state index is 10.0. The predicted molar refractivity (Wildman–Crippen MR) is 42.2 cm³/mol. The van der Waals surface area contributed by atoms with Crippen LogP contribution in [0.3, 0.4) is 0 Å². The lowest BCUT2D eigenvalue weighted by atomic mass is 10.2. The predicted octanol–water partition coefficient (Wildman–Crippen LogP) is -0.267. The Morgan fingerprint density at radius 2 is 2.36 bits per heavy atom. The average Bonchev–Trinajstić information content (AvgIpc) is 1.96. The van der Waals surface area contributed by atoms with Crippen molar-refractivity contribution in [1.29, 1.82) is 0 Å². The van der Waals surface area contributed by atoms with Crippen LogP contribution in [0.2, 0.25) is 0 Å². The molecular formula is C6H13N3O2. The minimum atomic E-state index is -0.758. The van der Waals surface area contributed by atoms with Gasteiger partial charge in [0.25, 0.3) is 0 Å². The number of unbranched alkanes of at least 4 members (excludes halogenated alkanes) is 1. The first kappa shape index (κ1) is 9.90. The number of carboxylic acids is 1. The maximum atomic E-state index is 10.0. The Balaban J connectivity index is 3.02. The van der Waals surface area contributed by atoms with Gasteiger partial charge in [-0.1, -0.05) is 0 Å². The number of aliphatic carboxylic acids is 1. The number of carbonyl (C=O) groups is 1. The van der Waals surface area contributed by atoms with Gasteiger partial charge in [0, 0.05) is 13.0 Å². The monoisotopic (exact) mass is 159 g/mol. The number of hydrogen-bond acceptors (Lipinski definition) is 3. The van der Waals surface area contributed by atoms with E-state index < -0.39 is 5.97 Å². The molecule has 0 spiro atoms. The number of nitrogens with zero attached hydrogens (tertiary/aromatic N) is 1. The van der Waals surface area contributed by atoms with E-state index in [9.17, 15) is 4.79 Å². The van der Waals surface area contributed by atoms with Crippen LogP contribution in [0.15, 0.2) is 4.99 Å². The summed E-state index contributed by atoms with van der Waals surface area (Å²) >= 11 is 0. The molecule has 0 radical (unpaired) electrons. The molecule has 0 aromatic rings. The van der Waals surface area contributed by atoms with E-state index in [1.54, 1.807) is 0 Å². The van der Waals surface area contributed by atoms with E-state index in [-0.39, 0.29) is 6.42 Å². The van der Waals surface area contributed by atoms with Crippen LogP contribution < -0.4 is 11.3 Å². The molecule has 64 valence electrons. The highest BCUT2D eigenvalue weighted by Gasteiger charge is 1.94. The van der Waals surface area contributed by atoms with Crippen molar-refractivity contribution in [3.8, 4) is 0 Å². The van der Waals surface area contributed by atoms with Gasteiger partial charge in [0.1, 0.15) is 0 Å². The van der Waals surface area contributed by atoms with Gasteiger partial charge in [-0.05, 0) is 12.8 Å². The highest BCUT2D eigenvalue weighted by atomic mass is 16.4. The Hall–Kier alpha value is -1.10. The van der Waals surface area contributed by atoms with E-state index in [1.807, 2.05) is 0 Å². The SMILES string of the molecule is NNC=NCCCCC(=O)O. The molecule has 5 heteroatoms. The maximum Gasteiger partial charge on any atom is 0.303 e. The summed E-state index contributed by atoms with van der Waals surface area (Å²) in [5, 5.41) is 8.25. The minimum absolute atomic E-state index is 0.214.